The van der Waals surface area contributed by atoms with Crippen LogP contribution in [0.2, 0.25) is 0 Å². The fraction of sp³-hybridized carbons (Fsp3) is 0.471. The van der Waals surface area contributed by atoms with Crippen molar-refractivity contribution in [3.63, 3.8) is 0 Å². The molecule has 116 valence electrons. The van der Waals surface area contributed by atoms with Crippen LogP contribution in [0.3, 0.4) is 0 Å². The Labute approximate surface area is 130 Å². The van der Waals surface area contributed by atoms with Gasteiger partial charge in [-0.05, 0) is 37.8 Å². The number of pyridine rings is 1. The highest BCUT2D eigenvalue weighted by Gasteiger charge is 2.43. The molecule has 1 unspecified atom stereocenters. The lowest BCUT2D eigenvalue weighted by Crippen LogP contribution is -2.49. The van der Waals surface area contributed by atoms with E-state index in [1.807, 2.05) is 7.05 Å². The molecule has 2 heterocycles. The van der Waals surface area contributed by atoms with E-state index in [4.69, 9.17) is 0 Å². The number of carbonyl (C=O) groups excluding carboxylic acids is 2. The number of hydrogen-bond donors (Lipinski definition) is 1. The molecule has 1 saturated heterocycles. The molecule has 22 heavy (non-hydrogen) atoms. The number of carbonyl (C=O) groups is 2. The number of rotatable bonds is 3. The fourth-order valence-corrected chi connectivity index (χ4v) is 3.52. The van der Waals surface area contributed by atoms with Crippen molar-refractivity contribution in [3.8, 4) is 0 Å². The standard InChI is InChI=1S/C17H21N3O2/c1-20-14-7-2-4-9-17(14,10-8-15(20)21)12-19-16(22)13-6-3-5-11-18-13/h3,5-7,11H,2,4,8-10,12H2,1H3,(H,19,22). The first-order chi connectivity index (χ1) is 10.6. The van der Waals surface area contributed by atoms with Gasteiger partial charge in [0, 0.05) is 37.3 Å². The third-order valence-corrected chi connectivity index (χ3v) is 4.78. The van der Waals surface area contributed by atoms with Gasteiger partial charge in [-0.3, -0.25) is 14.6 Å². The van der Waals surface area contributed by atoms with Gasteiger partial charge < -0.3 is 10.2 Å². The topological polar surface area (TPSA) is 62.3 Å². The Bertz CT molecular complexity index is 612. The number of piperidine rings is 1. The molecule has 2 amide bonds. The van der Waals surface area contributed by atoms with Crippen molar-refractivity contribution in [2.24, 2.45) is 5.41 Å². The number of fused-ring (bicyclic) bond motifs is 1. The van der Waals surface area contributed by atoms with Crippen molar-refractivity contribution < 1.29 is 9.59 Å². The molecule has 0 aromatic carbocycles. The number of aromatic nitrogens is 1. The van der Waals surface area contributed by atoms with Crippen molar-refractivity contribution in [2.45, 2.75) is 32.1 Å². The lowest BCUT2D eigenvalue weighted by Gasteiger charge is -2.46. The maximum atomic E-state index is 12.2. The summed E-state index contributed by atoms with van der Waals surface area (Å²) in [7, 11) is 1.84. The molecule has 0 saturated carbocycles. The molecule has 1 N–H and O–H groups in total. The molecule has 5 heteroatoms. The van der Waals surface area contributed by atoms with Crippen LogP contribution in [0.1, 0.15) is 42.6 Å². The number of allylic oxidation sites excluding steroid dienone is 1. The molecule has 1 atom stereocenters. The monoisotopic (exact) mass is 299 g/mol. The average molecular weight is 299 g/mol. The molecule has 0 bridgehead atoms. The average Bonchev–Trinajstić information content (AvgIpc) is 2.57. The normalized spacial score (nSPS) is 24.5. The summed E-state index contributed by atoms with van der Waals surface area (Å²) in [6.07, 6.45) is 8.25. The highest BCUT2D eigenvalue weighted by molar-refractivity contribution is 5.92. The Morgan fingerprint density at radius 3 is 3.05 bits per heavy atom. The maximum Gasteiger partial charge on any atom is 0.269 e. The second-order valence-corrected chi connectivity index (χ2v) is 6.11. The second-order valence-electron chi connectivity index (χ2n) is 6.11. The van der Waals surface area contributed by atoms with Crippen LogP contribution in [0.15, 0.2) is 36.2 Å². The number of nitrogens with one attached hydrogen (secondary N) is 1. The van der Waals surface area contributed by atoms with E-state index < -0.39 is 0 Å². The van der Waals surface area contributed by atoms with Crippen molar-refractivity contribution in [2.75, 3.05) is 13.6 Å². The predicted molar refractivity (Wildman–Crippen MR) is 82.9 cm³/mol. The summed E-state index contributed by atoms with van der Waals surface area (Å²) in [6.45, 7) is 0.561. The summed E-state index contributed by atoms with van der Waals surface area (Å²) in [5.41, 5.74) is 1.41. The molecule has 0 radical (unpaired) electrons. The van der Waals surface area contributed by atoms with Gasteiger partial charge in [-0.15, -0.1) is 0 Å². The highest BCUT2D eigenvalue weighted by atomic mass is 16.2. The van der Waals surface area contributed by atoms with E-state index in [9.17, 15) is 9.59 Å². The minimum Gasteiger partial charge on any atom is -0.350 e. The Morgan fingerprint density at radius 1 is 1.41 bits per heavy atom. The van der Waals surface area contributed by atoms with Crippen LogP contribution in [-0.4, -0.2) is 35.3 Å². The first-order valence-corrected chi connectivity index (χ1v) is 7.79. The van der Waals surface area contributed by atoms with Gasteiger partial charge in [0.25, 0.3) is 5.91 Å². The van der Waals surface area contributed by atoms with Gasteiger partial charge in [-0.2, -0.15) is 0 Å². The van der Waals surface area contributed by atoms with Crippen molar-refractivity contribution in [3.05, 3.63) is 41.9 Å². The van der Waals surface area contributed by atoms with E-state index in [1.165, 1.54) is 0 Å². The summed E-state index contributed by atoms with van der Waals surface area (Å²) in [5.74, 6) is 0.0132. The summed E-state index contributed by atoms with van der Waals surface area (Å²) >= 11 is 0. The molecule has 3 rings (SSSR count). The molecule has 5 nitrogen and oxygen atoms in total. The third kappa shape index (κ3) is 2.63. The largest absolute Gasteiger partial charge is 0.350 e. The molecule has 1 aliphatic carbocycles. The summed E-state index contributed by atoms with van der Waals surface area (Å²) in [5, 5.41) is 3.01. The number of amides is 2. The van der Waals surface area contributed by atoms with E-state index in [0.29, 0.717) is 18.7 Å². The van der Waals surface area contributed by atoms with E-state index in [0.717, 1.165) is 31.4 Å². The van der Waals surface area contributed by atoms with E-state index in [-0.39, 0.29) is 17.2 Å². The van der Waals surface area contributed by atoms with Crippen LogP contribution in [0.4, 0.5) is 0 Å². The lowest BCUT2D eigenvalue weighted by atomic mass is 9.70. The summed E-state index contributed by atoms with van der Waals surface area (Å²) in [4.78, 5) is 30.0. The molecule has 0 spiro atoms. The van der Waals surface area contributed by atoms with Crippen molar-refractivity contribution in [1.82, 2.24) is 15.2 Å². The zero-order chi connectivity index (χ0) is 15.6. The smallest absolute Gasteiger partial charge is 0.269 e. The van der Waals surface area contributed by atoms with Gasteiger partial charge in [0.2, 0.25) is 5.91 Å². The second kappa shape index (κ2) is 5.91. The third-order valence-electron chi connectivity index (χ3n) is 4.78. The van der Waals surface area contributed by atoms with E-state index in [2.05, 4.69) is 16.4 Å². The first kappa shape index (κ1) is 14.8. The molecule has 2 aliphatic rings. The van der Waals surface area contributed by atoms with Gasteiger partial charge in [0.1, 0.15) is 5.69 Å². The van der Waals surface area contributed by atoms with Gasteiger partial charge >= 0.3 is 0 Å². The van der Waals surface area contributed by atoms with Gasteiger partial charge in [0.15, 0.2) is 0 Å². The molecule has 1 aromatic rings. The Morgan fingerprint density at radius 2 is 2.27 bits per heavy atom. The zero-order valence-electron chi connectivity index (χ0n) is 12.8. The number of nitrogens with zero attached hydrogens (tertiary/aromatic N) is 2. The number of likely N-dealkylation sites (tertiary alicyclic amines) is 1. The Hall–Kier alpha value is -2.17. The van der Waals surface area contributed by atoms with E-state index in [1.54, 1.807) is 29.3 Å². The van der Waals surface area contributed by atoms with Crippen LogP contribution in [-0.2, 0) is 4.79 Å². The van der Waals surface area contributed by atoms with Crippen LogP contribution in [0.25, 0.3) is 0 Å². The van der Waals surface area contributed by atoms with Crippen molar-refractivity contribution >= 4 is 11.8 Å². The van der Waals surface area contributed by atoms with Crippen LogP contribution in [0, 0.1) is 5.41 Å². The zero-order valence-corrected chi connectivity index (χ0v) is 12.8. The predicted octanol–water partition coefficient (Wildman–Crippen LogP) is 2.12. The minimum atomic E-state index is -0.153. The minimum absolute atomic E-state index is 0.106. The molecular formula is C17H21N3O2. The van der Waals surface area contributed by atoms with Crippen molar-refractivity contribution in [1.29, 1.82) is 0 Å². The fourth-order valence-electron chi connectivity index (χ4n) is 3.52. The van der Waals surface area contributed by atoms with E-state index >= 15 is 0 Å². The van der Waals surface area contributed by atoms with Gasteiger partial charge in [0.05, 0.1) is 0 Å². The quantitative estimate of drug-likeness (QED) is 0.930. The molecule has 1 aliphatic heterocycles. The SMILES string of the molecule is CN1C(=O)CCC2(CNC(=O)c3ccccn3)CCCC=C12. The number of hydrogen-bond acceptors (Lipinski definition) is 3. The summed E-state index contributed by atoms with van der Waals surface area (Å²) in [6, 6.07) is 5.31. The first-order valence-electron chi connectivity index (χ1n) is 7.79. The van der Waals surface area contributed by atoms with Gasteiger partial charge in [-0.1, -0.05) is 12.1 Å². The maximum absolute atomic E-state index is 12.2. The summed E-state index contributed by atoms with van der Waals surface area (Å²) < 4.78 is 0. The lowest BCUT2D eigenvalue weighted by molar-refractivity contribution is -0.132. The Balaban J connectivity index is 1.75. The van der Waals surface area contributed by atoms with Crippen LogP contribution < -0.4 is 5.32 Å². The Kier molecular flexibility index (Phi) is 3.96. The molecule has 1 aromatic heterocycles. The molecule has 1 fully saturated rings. The van der Waals surface area contributed by atoms with Gasteiger partial charge in [-0.25, -0.2) is 0 Å². The molecular weight excluding hydrogens is 278 g/mol. The van der Waals surface area contributed by atoms with Crippen LogP contribution >= 0.6 is 0 Å². The van der Waals surface area contributed by atoms with Crippen LogP contribution in [0.5, 0.6) is 0 Å². The highest BCUT2D eigenvalue weighted by Crippen LogP contribution is 2.45.